The maximum atomic E-state index is 14.5. The number of rotatable bonds is 9. The molecule has 4 rings (SSSR count). The Labute approximate surface area is 227 Å². The number of amides is 2. The first-order valence-electron chi connectivity index (χ1n) is 12.5. The quantitative estimate of drug-likeness (QED) is 0.289. The van der Waals surface area contributed by atoms with Crippen molar-refractivity contribution >= 4 is 17.5 Å². The van der Waals surface area contributed by atoms with Crippen molar-refractivity contribution in [3.8, 4) is 11.5 Å². The lowest BCUT2D eigenvalue weighted by Gasteiger charge is -2.39. The Morgan fingerprint density at radius 1 is 1.35 bits per heavy atom. The van der Waals surface area contributed by atoms with E-state index in [1.165, 1.54) is 37.5 Å². The zero-order chi connectivity index (χ0) is 29.3. The summed E-state index contributed by atoms with van der Waals surface area (Å²) in [7, 11) is 1.32. The summed E-state index contributed by atoms with van der Waals surface area (Å²) >= 11 is 0. The molecule has 4 atom stereocenters. The number of hydrogen-bond donors (Lipinski definition) is 5. The van der Waals surface area contributed by atoms with Gasteiger partial charge < -0.3 is 40.8 Å². The monoisotopic (exact) mass is 568 g/mol. The molecule has 3 aliphatic heterocycles. The van der Waals surface area contributed by atoms with Crippen LogP contribution in [0.2, 0.25) is 0 Å². The van der Waals surface area contributed by atoms with Crippen LogP contribution < -0.4 is 25.8 Å². The van der Waals surface area contributed by atoms with E-state index in [4.69, 9.17) is 25.1 Å². The molecule has 14 heteroatoms. The predicted octanol–water partition coefficient (Wildman–Crippen LogP) is 0.607. The number of carbonyl (C=O) groups excluding carboxylic acids is 2. The van der Waals surface area contributed by atoms with E-state index >= 15 is 0 Å². The average Bonchev–Trinajstić information content (AvgIpc) is 3.23. The molecule has 0 bridgehead atoms. The minimum absolute atomic E-state index is 0.00717. The summed E-state index contributed by atoms with van der Waals surface area (Å²) in [4.78, 5) is 28.7. The molecule has 11 nitrogen and oxygen atoms in total. The fraction of sp³-hybridized carbons (Fsp3) is 0.500. The molecule has 0 aliphatic carbocycles. The van der Waals surface area contributed by atoms with E-state index in [0.717, 1.165) is 0 Å². The number of halogens is 3. The zero-order valence-electron chi connectivity index (χ0n) is 21.9. The fourth-order valence-electron chi connectivity index (χ4n) is 4.75. The van der Waals surface area contributed by atoms with Gasteiger partial charge in [-0.2, -0.15) is 13.2 Å². The van der Waals surface area contributed by atoms with Crippen LogP contribution in [0.5, 0.6) is 11.5 Å². The van der Waals surface area contributed by atoms with E-state index < -0.39 is 41.7 Å². The number of hydrogen-bond acceptors (Lipinski definition) is 9. The van der Waals surface area contributed by atoms with Crippen LogP contribution in [0, 0.1) is 5.92 Å². The third-order valence-electron chi connectivity index (χ3n) is 7.07. The van der Waals surface area contributed by atoms with Gasteiger partial charge in [0.05, 0.1) is 37.6 Å². The van der Waals surface area contributed by atoms with Crippen LogP contribution in [0.25, 0.3) is 0 Å². The molecular weight excluding hydrogens is 537 g/mol. The van der Waals surface area contributed by atoms with Crippen molar-refractivity contribution in [2.24, 2.45) is 16.6 Å². The maximum absolute atomic E-state index is 14.5. The van der Waals surface area contributed by atoms with Gasteiger partial charge in [0.1, 0.15) is 19.0 Å². The second kappa shape index (κ2) is 11.1. The van der Waals surface area contributed by atoms with Gasteiger partial charge in [0.25, 0.3) is 5.91 Å². The third-order valence-corrected chi connectivity index (χ3v) is 7.07. The summed E-state index contributed by atoms with van der Waals surface area (Å²) in [5.41, 5.74) is 2.21. The second-order valence-corrected chi connectivity index (χ2v) is 10.0. The van der Waals surface area contributed by atoms with Gasteiger partial charge in [-0.05, 0) is 43.2 Å². The highest BCUT2D eigenvalue weighted by atomic mass is 19.4. The van der Waals surface area contributed by atoms with Gasteiger partial charge in [-0.3, -0.25) is 14.6 Å². The lowest BCUT2D eigenvalue weighted by Crippen LogP contribution is -2.61. The van der Waals surface area contributed by atoms with E-state index in [0.29, 0.717) is 5.57 Å². The molecule has 0 saturated heterocycles. The summed E-state index contributed by atoms with van der Waals surface area (Å²) in [6, 6.07) is 2.19. The van der Waals surface area contributed by atoms with Crippen molar-refractivity contribution in [2.75, 3.05) is 40.0 Å². The molecule has 1 aromatic carbocycles. The summed E-state index contributed by atoms with van der Waals surface area (Å²) in [6.45, 7) is 0.203. The molecule has 0 aromatic heterocycles. The lowest BCUT2D eigenvalue weighted by molar-refractivity contribution is -0.264. The summed E-state index contributed by atoms with van der Waals surface area (Å²) < 4.78 is 59.7. The molecule has 218 valence electrons. The Morgan fingerprint density at radius 3 is 2.73 bits per heavy atom. The first kappa shape index (κ1) is 29.4. The van der Waals surface area contributed by atoms with Gasteiger partial charge in [-0.25, -0.2) is 0 Å². The van der Waals surface area contributed by atoms with Gasteiger partial charge in [-0.15, -0.1) is 0 Å². The molecule has 0 saturated carbocycles. The van der Waals surface area contributed by atoms with Crippen molar-refractivity contribution in [2.45, 2.75) is 36.7 Å². The van der Waals surface area contributed by atoms with Crippen molar-refractivity contribution < 1.29 is 47.2 Å². The van der Waals surface area contributed by atoms with Crippen LogP contribution in [0.4, 0.5) is 13.2 Å². The van der Waals surface area contributed by atoms with Gasteiger partial charge in [0.2, 0.25) is 11.5 Å². The van der Waals surface area contributed by atoms with Crippen LogP contribution in [0.3, 0.4) is 0 Å². The van der Waals surface area contributed by atoms with Gasteiger partial charge in [0.15, 0.2) is 11.5 Å². The van der Waals surface area contributed by atoms with E-state index in [-0.39, 0.29) is 67.2 Å². The van der Waals surface area contributed by atoms with Gasteiger partial charge >= 0.3 is 6.18 Å². The molecule has 6 N–H and O–H groups in total. The highest BCUT2D eigenvalue weighted by molar-refractivity contribution is 6.05. The van der Waals surface area contributed by atoms with Crippen LogP contribution in [-0.4, -0.2) is 91.1 Å². The Morgan fingerprint density at radius 2 is 2.10 bits per heavy atom. The number of nitrogens with two attached hydrogens (primary N) is 1. The Balaban J connectivity index is 1.62. The lowest BCUT2D eigenvalue weighted by atomic mass is 9.79. The number of aliphatic hydroxyl groups is 2. The van der Waals surface area contributed by atoms with E-state index in [1.54, 1.807) is 6.92 Å². The zero-order valence-corrected chi connectivity index (χ0v) is 21.9. The smallest absolute Gasteiger partial charge is 0.421 e. The number of alkyl halides is 3. The number of allylic oxidation sites excluding steroid dienone is 1. The van der Waals surface area contributed by atoms with E-state index in [9.17, 15) is 27.9 Å². The molecule has 1 aromatic rings. The van der Waals surface area contributed by atoms with Crippen LogP contribution in [0.1, 0.15) is 23.7 Å². The standard InChI is InChI=1S/C26H31F3N4O7/c1-24(30)13-40-22-16(24)10-19(33-21(22)15-4-6-20(35)31-11-15)25(37,26(27,28)29)12-32-23(36)14-3-5-17(39-8-7-34)18(9-14)38-2/h3-6,9,15,19,34,37H,7-8,10-13,30H2,1-2H3,(H,31,35)(H,32,36). The highest BCUT2D eigenvalue weighted by Gasteiger charge is 2.61. The first-order valence-corrected chi connectivity index (χ1v) is 12.5. The second-order valence-electron chi connectivity index (χ2n) is 10.0. The number of carbonyl (C=O) groups is 2. The van der Waals surface area contributed by atoms with Gasteiger partial charge in [0, 0.05) is 18.0 Å². The largest absolute Gasteiger partial charge is 0.493 e. The number of nitrogens with one attached hydrogen (secondary N) is 2. The summed E-state index contributed by atoms with van der Waals surface area (Å²) in [6.07, 6.45) is -2.79. The number of aliphatic imine (C=N–C) groups is 1. The number of dihydropyridines is 1. The molecule has 0 radical (unpaired) electrons. The maximum Gasteiger partial charge on any atom is 0.421 e. The molecule has 3 aliphatic rings. The number of ether oxygens (including phenoxy) is 3. The fourth-order valence-corrected chi connectivity index (χ4v) is 4.75. The van der Waals surface area contributed by atoms with E-state index in [2.05, 4.69) is 15.6 Å². The van der Waals surface area contributed by atoms with Crippen molar-refractivity contribution in [3.05, 3.63) is 47.2 Å². The minimum atomic E-state index is -5.20. The molecule has 40 heavy (non-hydrogen) atoms. The molecule has 0 fully saturated rings. The van der Waals surface area contributed by atoms with Crippen molar-refractivity contribution in [3.63, 3.8) is 0 Å². The molecule has 0 spiro atoms. The minimum Gasteiger partial charge on any atom is -0.493 e. The highest BCUT2D eigenvalue weighted by Crippen LogP contribution is 2.44. The average molecular weight is 569 g/mol. The van der Waals surface area contributed by atoms with Crippen LogP contribution >= 0.6 is 0 Å². The summed E-state index contributed by atoms with van der Waals surface area (Å²) in [5.74, 6) is -1.25. The SMILES string of the molecule is COc1cc(C(=O)NCC(O)(C2CC3=C(OCC3(C)N)C(C3C=CC(=O)NC3)=N2)C(F)(F)F)ccc1OCCO. The number of methoxy groups -OCH3 is 1. The number of benzene rings is 1. The molecular formula is C26H31F3N4O7. The Bertz CT molecular complexity index is 1260. The van der Waals surface area contributed by atoms with Crippen molar-refractivity contribution in [1.82, 2.24) is 10.6 Å². The Hall–Kier alpha value is -3.62. The topological polar surface area (TPSA) is 165 Å². The predicted molar refractivity (Wildman–Crippen MR) is 136 cm³/mol. The first-order chi connectivity index (χ1) is 18.8. The molecule has 2 amide bonds. The normalized spacial score (nSPS) is 25.8. The van der Waals surface area contributed by atoms with E-state index in [1.807, 2.05) is 0 Å². The van der Waals surface area contributed by atoms with Crippen LogP contribution in [0.15, 0.2) is 46.7 Å². The van der Waals surface area contributed by atoms with Crippen molar-refractivity contribution in [1.29, 1.82) is 0 Å². The molecule has 4 unspecified atom stereocenters. The van der Waals surface area contributed by atoms with Crippen LogP contribution in [-0.2, 0) is 9.53 Å². The number of nitrogens with zero attached hydrogens (tertiary/aromatic N) is 1. The number of aliphatic hydroxyl groups excluding tert-OH is 1. The third kappa shape index (κ3) is 5.64. The Kier molecular flexibility index (Phi) is 8.15. The van der Waals surface area contributed by atoms with Gasteiger partial charge in [-0.1, -0.05) is 6.08 Å². The summed E-state index contributed by atoms with van der Waals surface area (Å²) in [5, 5.41) is 24.9. The molecule has 3 heterocycles.